The second-order valence-corrected chi connectivity index (χ2v) is 7.51. The summed E-state index contributed by atoms with van der Waals surface area (Å²) in [7, 11) is 0. The maximum atomic E-state index is 10.4. The molecule has 0 aliphatic rings. The topological polar surface area (TPSA) is 37.3 Å². The molecular formula is C22H44Ag2O2. The van der Waals surface area contributed by atoms with Crippen molar-refractivity contribution >= 4 is 5.97 Å². The standard InChI is InChI=1S/C22H44O2.2Ag/c1-2-3-4-5-6-7-8-9-10-11-12-13-14-15-16-17-18-19-20-21-22(23)24;;/h2-21H2,1H3,(H,23,24);;. The third kappa shape index (κ3) is 29.7. The van der Waals surface area contributed by atoms with Crippen molar-refractivity contribution in [3.63, 3.8) is 0 Å². The largest absolute Gasteiger partial charge is 0.481 e. The minimum atomic E-state index is -0.651. The molecule has 0 heterocycles. The van der Waals surface area contributed by atoms with Crippen molar-refractivity contribution in [3.8, 4) is 0 Å². The Morgan fingerprint density at radius 1 is 0.500 bits per heavy atom. The van der Waals surface area contributed by atoms with Gasteiger partial charge in [0.1, 0.15) is 0 Å². The SMILES string of the molecule is CCCCCCCCCCCCCCCCCCCCCC(=O)O.[Ag].[Ag]. The van der Waals surface area contributed by atoms with E-state index in [9.17, 15) is 4.79 Å². The third-order valence-electron chi connectivity index (χ3n) is 4.99. The number of unbranched alkanes of at least 4 members (excludes halogenated alkanes) is 18. The Balaban J connectivity index is -0.00000264. The second kappa shape index (κ2) is 28.2. The van der Waals surface area contributed by atoms with E-state index in [1.807, 2.05) is 0 Å². The van der Waals surface area contributed by atoms with Gasteiger partial charge >= 0.3 is 5.97 Å². The fourth-order valence-corrected chi connectivity index (χ4v) is 3.35. The van der Waals surface area contributed by atoms with Crippen LogP contribution in [0.5, 0.6) is 0 Å². The van der Waals surface area contributed by atoms with Gasteiger partial charge in [0, 0.05) is 51.2 Å². The van der Waals surface area contributed by atoms with Crippen LogP contribution < -0.4 is 0 Å². The normalized spacial score (nSPS) is 10.2. The fraction of sp³-hybridized carbons (Fsp3) is 0.955. The molecule has 0 aromatic carbocycles. The Morgan fingerprint density at radius 2 is 0.731 bits per heavy atom. The van der Waals surface area contributed by atoms with Gasteiger partial charge in [-0.2, -0.15) is 0 Å². The van der Waals surface area contributed by atoms with Crippen molar-refractivity contribution in [2.45, 2.75) is 135 Å². The van der Waals surface area contributed by atoms with E-state index in [4.69, 9.17) is 5.11 Å². The molecule has 26 heavy (non-hydrogen) atoms. The molecule has 0 fully saturated rings. The molecule has 0 rings (SSSR count). The zero-order valence-corrected chi connectivity index (χ0v) is 20.1. The van der Waals surface area contributed by atoms with Crippen molar-refractivity contribution < 1.29 is 54.7 Å². The zero-order chi connectivity index (χ0) is 17.7. The van der Waals surface area contributed by atoms with E-state index in [2.05, 4.69) is 6.92 Å². The van der Waals surface area contributed by atoms with Crippen LogP contribution in [-0.2, 0) is 49.6 Å². The van der Waals surface area contributed by atoms with E-state index in [0.717, 1.165) is 12.8 Å². The Kier molecular flexibility index (Phi) is 34.3. The van der Waals surface area contributed by atoms with Crippen LogP contribution >= 0.6 is 0 Å². The predicted molar refractivity (Wildman–Crippen MR) is 106 cm³/mol. The molecule has 0 amide bonds. The molecule has 0 aromatic heterocycles. The molecule has 0 unspecified atom stereocenters. The van der Waals surface area contributed by atoms with Gasteiger partial charge in [-0.3, -0.25) is 4.79 Å². The number of rotatable bonds is 20. The summed E-state index contributed by atoms with van der Waals surface area (Å²) in [5, 5.41) is 8.56. The first kappa shape index (κ1) is 31.6. The summed E-state index contributed by atoms with van der Waals surface area (Å²) in [4.78, 5) is 10.4. The van der Waals surface area contributed by atoms with Crippen molar-refractivity contribution in [1.82, 2.24) is 0 Å². The van der Waals surface area contributed by atoms with Gasteiger partial charge in [-0.15, -0.1) is 0 Å². The second-order valence-electron chi connectivity index (χ2n) is 7.51. The van der Waals surface area contributed by atoms with Gasteiger partial charge < -0.3 is 5.11 Å². The molecule has 4 heteroatoms. The number of hydrogen-bond acceptors (Lipinski definition) is 1. The summed E-state index contributed by atoms with van der Waals surface area (Å²) < 4.78 is 0. The van der Waals surface area contributed by atoms with Crippen LogP contribution in [-0.4, -0.2) is 11.1 Å². The molecule has 0 bridgehead atoms. The Morgan fingerprint density at radius 3 is 0.962 bits per heavy atom. The number of carbonyl (C=O) groups is 1. The van der Waals surface area contributed by atoms with Gasteiger partial charge in [-0.25, -0.2) is 0 Å². The van der Waals surface area contributed by atoms with Crippen LogP contribution in [0.3, 0.4) is 0 Å². The molecule has 166 valence electrons. The molecular weight excluding hydrogens is 512 g/mol. The third-order valence-corrected chi connectivity index (χ3v) is 4.99. The Hall–Kier alpha value is 0.951. The summed E-state index contributed by atoms with van der Waals surface area (Å²) in [6, 6.07) is 0. The minimum Gasteiger partial charge on any atom is -0.481 e. The van der Waals surface area contributed by atoms with Crippen LogP contribution in [0.4, 0.5) is 0 Å². The van der Waals surface area contributed by atoms with Crippen LogP contribution in [0.25, 0.3) is 0 Å². The number of hydrogen-bond donors (Lipinski definition) is 1. The Labute approximate surface area is 195 Å². The summed E-state index contributed by atoms with van der Waals surface area (Å²) >= 11 is 0. The van der Waals surface area contributed by atoms with Crippen molar-refractivity contribution in [2.75, 3.05) is 0 Å². The molecule has 1 N–H and O–H groups in total. The first-order chi connectivity index (χ1) is 11.8. The summed E-state index contributed by atoms with van der Waals surface area (Å²) in [6.45, 7) is 2.28. The van der Waals surface area contributed by atoms with Gasteiger partial charge in [0.2, 0.25) is 0 Å². The molecule has 0 spiro atoms. The van der Waals surface area contributed by atoms with Gasteiger partial charge in [0.25, 0.3) is 0 Å². The zero-order valence-electron chi connectivity index (χ0n) is 17.1. The van der Waals surface area contributed by atoms with Crippen LogP contribution in [0, 0.1) is 0 Å². The van der Waals surface area contributed by atoms with E-state index in [-0.39, 0.29) is 44.8 Å². The number of aliphatic carboxylic acids is 1. The van der Waals surface area contributed by atoms with E-state index in [0.29, 0.717) is 6.42 Å². The van der Waals surface area contributed by atoms with Crippen LogP contribution in [0.15, 0.2) is 0 Å². The Bertz CT molecular complexity index is 261. The molecule has 2 nitrogen and oxygen atoms in total. The van der Waals surface area contributed by atoms with Crippen molar-refractivity contribution in [3.05, 3.63) is 0 Å². The molecule has 0 atom stereocenters. The fourth-order valence-electron chi connectivity index (χ4n) is 3.35. The maximum Gasteiger partial charge on any atom is 0.303 e. The maximum absolute atomic E-state index is 10.4. The summed E-state index contributed by atoms with van der Waals surface area (Å²) in [5.41, 5.74) is 0. The quantitative estimate of drug-likeness (QED) is 0.122. The first-order valence-electron chi connectivity index (χ1n) is 11.0. The van der Waals surface area contributed by atoms with Gasteiger partial charge in [0.05, 0.1) is 0 Å². The van der Waals surface area contributed by atoms with Gasteiger partial charge in [-0.05, 0) is 6.42 Å². The smallest absolute Gasteiger partial charge is 0.303 e. The number of carboxylic acids is 1. The van der Waals surface area contributed by atoms with Gasteiger partial charge in [0.15, 0.2) is 0 Å². The molecule has 0 saturated carbocycles. The molecule has 0 aliphatic carbocycles. The van der Waals surface area contributed by atoms with Crippen LogP contribution in [0.2, 0.25) is 0 Å². The minimum absolute atomic E-state index is 0. The van der Waals surface area contributed by atoms with Crippen LogP contribution in [0.1, 0.15) is 135 Å². The van der Waals surface area contributed by atoms with E-state index in [1.165, 1.54) is 109 Å². The molecule has 0 aromatic rings. The van der Waals surface area contributed by atoms with E-state index < -0.39 is 5.97 Å². The summed E-state index contributed by atoms with van der Waals surface area (Å²) in [5.74, 6) is -0.651. The average Bonchev–Trinajstić information content (AvgIpc) is 2.56. The predicted octanol–water partition coefficient (Wildman–Crippen LogP) is 7.89. The van der Waals surface area contributed by atoms with Crippen molar-refractivity contribution in [2.24, 2.45) is 0 Å². The van der Waals surface area contributed by atoms with Gasteiger partial charge in [-0.1, -0.05) is 122 Å². The van der Waals surface area contributed by atoms with E-state index in [1.54, 1.807) is 0 Å². The summed E-state index contributed by atoms with van der Waals surface area (Å²) in [6.07, 6.45) is 26.1. The molecule has 2 radical (unpaired) electrons. The van der Waals surface area contributed by atoms with E-state index >= 15 is 0 Å². The average molecular weight is 556 g/mol. The van der Waals surface area contributed by atoms with Crippen molar-refractivity contribution in [1.29, 1.82) is 0 Å². The molecule has 0 aliphatic heterocycles. The molecule has 0 saturated heterocycles. The number of carboxylic acid groups (broad SMARTS) is 1. The monoisotopic (exact) mass is 554 g/mol. The first-order valence-corrected chi connectivity index (χ1v) is 11.0.